The molecule has 0 radical (unpaired) electrons. The van der Waals surface area contributed by atoms with Gasteiger partial charge in [0.15, 0.2) is 5.69 Å². The highest BCUT2D eigenvalue weighted by Crippen LogP contribution is 2.44. The number of rotatable bonds is 3. The lowest BCUT2D eigenvalue weighted by Crippen LogP contribution is -2.45. The Morgan fingerprint density at radius 3 is 2.56 bits per heavy atom. The van der Waals surface area contributed by atoms with E-state index < -0.39 is 0 Å². The fourth-order valence-corrected chi connectivity index (χ4v) is 4.78. The number of benzene rings is 2. The number of hydrazine groups is 1. The van der Waals surface area contributed by atoms with Gasteiger partial charge in [0.1, 0.15) is 12.4 Å². The molecular formula is C22H20Cl4N4O2. The van der Waals surface area contributed by atoms with Gasteiger partial charge in [0.25, 0.3) is 5.91 Å². The van der Waals surface area contributed by atoms with Gasteiger partial charge in [0.2, 0.25) is 0 Å². The van der Waals surface area contributed by atoms with Crippen LogP contribution in [0.15, 0.2) is 36.4 Å². The van der Waals surface area contributed by atoms with Crippen LogP contribution < -0.4 is 10.2 Å². The smallest absolute Gasteiger partial charge is 0.286 e. The van der Waals surface area contributed by atoms with Gasteiger partial charge in [-0.15, -0.1) is 12.4 Å². The Morgan fingerprint density at radius 2 is 1.81 bits per heavy atom. The highest BCUT2D eigenvalue weighted by molar-refractivity contribution is 6.35. The van der Waals surface area contributed by atoms with Gasteiger partial charge in [-0.25, -0.2) is 9.69 Å². The predicted octanol–water partition coefficient (Wildman–Crippen LogP) is 5.94. The Hall–Kier alpha value is -1.96. The van der Waals surface area contributed by atoms with Crippen molar-refractivity contribution in [3.8, 4) is 22.7 Å². The van der Waals surface area contributed by atoms with Crippen LogP contribution in [0.1, 0.15) is 35.3 Å². The van der Waals surface area contributed by atoms with E-state index in [9.17, 15) is 4.79 Å². The molecule has 0 bridgehead atoms. The largest absolute Gasteiger partial charge is 0.486 e. The fourth-order valence-electron chi connectivity index (χ4n) is 4.06. The zero-order chi connectivity index (χ0) is 21.5. The molecule has 1 fully saturated rings. The second kappa shape index (κ2) is 9.49. The maximum atomic E-state index is 13.2. The van der Waals surface area contributed by atoms with E-state index in [4.69, 9.17) is 39.5 Å². The van der Waals surface area contributed by atoms with Crippen LogP contribution in [-0.4, -0.2) is 33.8 Å². The summed E-state index contributed by atoms with van der Waals surface area (Å²) in [5.41, 5.74) is 6.09. The summed E-state index contributed by atoms with van der Waals surface area (Å²) in [7, 11) is 0. The van der Waals surface area contributed by atoms with E-state index >= 15 is 0 Å². The van der Waals surface area contributed by atoms with Crippen LogP contribution >= 0.6 is 47.2 Å². The van der Waals surface area contributed by atoms with Crippen LogP contribution in [0.25, 0.3) is 16.9 Å². The number of halogens is 4. The van der Waals surface area contributed by atoms with E-state index in [0.717, 1.165) is 37.2 Å². The molecule has 1 aromatic heterocycles. The number of hydrogen-bond acceptors (Lipinski definition) is 4. The number of para-hydroxylation sites is 1. The van der Waals surface area contributed by atoms with E-state index in [2.05, 4.69) is 10.5 Å². The molecular weight excluding hydrogens is 494 g/mol. The summed E-state index contributed by atoms with van der Waals surface area (Å²) in [5.74, 6) is 0.293. The number of aromatic nitrogens is 2. The second-order valence-corrected chi connectivity index (χ2v) is 8.83. The van der Waals surface area contributed by atoms with Gasteiger partial charge in [-0.3, -0.25) is 10.2 Å². The molecule has 1 amide bonds. The maximum Gasteiger partial charge on any atom is 0.286 e. The summed E-state index contributed by atoms with van der Waals surface area (Å²) < 4.78 is 7.60. The van der Waals surface area contributed by atoms with Crippen molar-refractivity contribution < 1.29 is 9.53 Å². The summed E-state index contributed by atoms with van der Waals surface area (Å²) in [4.78, 5) is 13.2. The highest BCUT2D eigenvalue weighted by Gasteiger charge is 2.32. The van der Waals surface area contributed by atoms with Gasteiger partial charge in [0, 0.05) is 29.2 Å². The third-order valence-electron chi connectivity index (χ3n) is 5.54. The molecule has 5 rings (SSSR count). The number of hydrogen-bond donors (Lipinski definition) is 1. The van der Waals surface area contributed by atoms with Gasteiger partial charge in [0.05, 0.1) is 21.4 Å². The standard InChI is InChI=1S/C22H19Cl3N4O2.ClH/c23-13-7-8-18(17(25)11-13)29-20-14-5-4-6-16(24)21(14)31-12-15(20)19(26-29)22(30)27-28-9-2-1-3-10-28;/h4-8,11H,1-3,9-10,12H2,(H,27,30);1H. The number of carbonyl (C=O) groups excluding carboxylic acids is 1. The number of ether oxygens (including phenoxy) is 1. The van der Waals surface area contributed by atoms with Gasteiger partial charge < -0.3 is 4.74 Å². The number of amides is 1. The number of carbonyl (C=O) groups is 1. The summed E-state index contributed by atoms with van der Waals surface area (Å²) in [6.45, 7) is 1.83. The first-order valence-corrected chi connectivity index (χ1v) is 11.2. The molecule has 0 atom stereocenters. The van der Waals surface area contributed by atoms with Gasteiger partial charge in [-0.1, -0.05) is 47.3 Å². The third-order valence-corrected chi connectivity index (χ3v) is 6.37. The molecule has 168 valence electrons. The van der Waals surface area contributed by atoms with Crippen LogP contribution in [0.2, 0.25) is 15.1 Å². The van der Waals surface area contributed by atoms with Crippen molar-refractivity contribution in [3.05, 3.63) is 62.7 Å². The molecule has 2 aliphatic heterocycles. The van der Waals surface area contributed by atoms with Gasteiger partial charge in [-0.2, -0.15) is 5.10 Å². The van der Waals surface area contributed by atoms with Crippen LogP contribution in [-0.2, 0) is 6.61 Å². The Labute approximate surface area is 206 Å². The molecule has 10 heteroatoms. The summed E-state index contributed by atoms with van der Waals surface area (Å²) in [6, 6.07) is 10.7. The quantitative estimate of drug-likeness (QED) is 0.470. The average molecular weight is 514 g/mol. The fraction of sp³-hybridized carbons (Fsp3) is 0.273. The Bertz CT molecular complexity index is 1170. The first-order valence-electron chi connectivity index (χ1n) is 10.1. The summed E-state index contributed by atoms with van der Waals surface area (Å²) in [5, 5.41) is 8.06. The van der Waals surface area contributed by atoms with Crippen LogP contribution in [0.4, 0.5) is 0 Å². The molecule has 1 saturated heterocycles. The maximum absolute atomic E-state index is 13.2. The number of fused-ring (bicyclic) bond motifs is 3. The lowest BCUT2D eigenvalue weighted by molar-refractivity contribution is 0.0742. The van der Waals surface area contributed by atoms with E-state index in [1.807, 2.05) is 17.1 Å². The van der Waals surface area contributed by atoms with Crippen molar-refractivity contribution in [3.63, 3.8) is 0 Å². The number of nitrogens with zero attached hydrogens (tertiary/aromatic N) is 3. The molecule has 0 aliphatic carbocycles. The van der Waals surface area contributed by atoms with E-state index in [1.54, 1.807) is 28.9 Å². The highest BCUT2D eigenvalue weighted by atomic mass is 35.5. The Kier molecular flexibility index (Phi) is 6.89. The van der Waals surface area contributed by atoms with Crippen LogP contribution in [0.5, 0.6) is 5.75 Å². The average Bonchev–Trinajstić information content (AvgIpc) is 3.15. The van der Waals surface area contributed by atoms with Crippen molar-refractivity contribution in [2.75, 3.05) is 13.1 Å². The first kappa shape index (κ1) is 23.2. The molecule has 2 aliphatic rings. The third kappa shape index (κ3) is 4.18. The van der Waals surface area contributed by atoms with Crippen molar-refractivity contribution >= 4 is 53.1 Å². The van der Waals surface area contributed by atoms with Crippen LogP contribution in [0.3, 0.4) is 0 Å². The topological polar surface area (TPSA) is 59.4 Å². The minimum absolute atomic E-state index is 0. The summed E-state index contributed by atoms with van der Waals surface area (Å²) >= 11 is 19.0. The molecule has 3 aromatic rings. The first-order chi connectivity index (χ1) is 15.0. The van der Waals surface area contributed by atoms with Gasteiger partial charge in [-0.05, 0) is 43.2 Å². The number of nitrogens with one attached hydrogen (secondary N) is 1. The lowest BCUT2D eigenvalue weighted by atomic mass is 10.0. The van der Waals surface area contributed by atoms with Crippen molar-refractivity contribution in [2.24, 2.45) is 0 Å². The Morgan fingerprint density at radius 1 is 1.03 bits per heavy atom. The number of piperidine rings is 1. The van der Waals surface area contributed by atoms with Crippen molar-refractivity contribution in [1.29, 1.82) is 0 Å². The molecule has 6 nitrogen and oxygen atoms in total. The second-order valence-electron chi connectivity index (χ2n) is 7.58. The van der Waals surface area contributed by atoms with Crippen molar-refractivity contribution in [1.82, 2.24) is 20.2 Å². The molecule has 3 heterocycles. The lowest BCUT2D eigenvalue weighted by Gasteiger charge is -2.26. The molecule has 0 unspecified atom stereocenters. The monoisotopic (exact) mass is 512 g/mol. The molecule has 0 saturated carbocycles. The minimum Gasteiger partial charge on any atom is -0.486 e. The Balaban J connectivity index is 0.00000245. The van der Waals surface area contributed by atoms with Crippen LogP contribution in [0, 0.1) is 0 Å². The zero-order valence-corrected chi connectivity index (χ0v) is 20.0. The predicted molar refractivity (Wildman–Crippen MR) is 129 cm³/mol. The minimum atomic E-state index is -0.268. The van der Waals surface area contributed by atoms with Crippen molar-refractivity contribution in [2.45, 2.75) is 25.9 Å². The normalized spacial score (nSPS) is 15.2. The van der Waals surface area contributed by atoms with E-state index in [0.29, 0.717) is 37.8 Å². The SMILES string of the molecule is Cl.O=C(NN1CCCCC1)c1nn(-c2ccc(Cl)cc2Cl)c2c1COc1c(Cl)cccc1-2. The summed E-state index contributed by atoms with van der Waals surface area (Å²) in [6.07, 6.45) is 3.29. The molecule has 2 aromatic carbocycles. The van der Waals surface area contributed by atoms with Gasteiger partial charge >= 0.3 is 0 Å². The van der Waals surface area contributed by atoms with E-state index in [-0.39, 0.29) is 24.9 Å². The molecule has 32 heavy (non-hydrogen) atoms. The zero-order valence-electron chi connectivity index (χ0n) is 16.9. The molecule has 0 spiro atoms. The molecule has 1 N–H and O–H groups in total. The van der Waals surface area contributed by atoms with E-state index in [1.165, 1.54) is 6.42 Å².